The number of fused-ring (bicyclic) bond motifs is 1. The average molecular weight is 292 g/mol. The van der Waals surface area contributed by atoms with Crippen molar-refractivity contribution in [1.29, 1.82) is 0 Å². The maximum Gasteiger partial charge on any atom is 0.311 e. The smallest absolute Gasteiger partial charge is 0.311 e. The van der Waals surface area contributed by atoms with Gasteiger partial charge < -0.3 is 18.8 Å². The van der Waals surface area contributed by atoms with Crippen LogP contribution in [-0.4, -0.2) is 49.6 Å². The maximum atomic E-state index is 11.4. The third kappa shape index (κ3) is 3.14. The third-order valence-electron chi connectivity index (χ3n) is 3.26. The Hall–Kier alpha value is -2.12. The fourth-order valence-electron chi connectivity index (χ4n) is 2.15. The number of morpholine rings is 1. The molecule has 0 bridgehead atoms. The van der Waals surface area contributed by atoms with Gasteiger partial charge in [-0.3, -0.25) is 4.79 Å². The van der Waals surface area contributed by atoms with Crippen LogP contribution in [0.25, 0.3) is 11.0 Å². The number of esters is 1. The van der Waals surface area contributed by atoms with Crippen LogP contribution in [0, 0.1) is 0 Å². The number of nitrogens with zero attached hydrogens (tertiary/aromatic N) is 2. The van der Waals surface area contributed by atoms with Crippen LogP contribution in [-0.2, 0) is 20.7 Å². The van der Waals surface area contributed by atoms with Crippen LogP contribution < -0.4 is 4.84 Å². The maximum absolute atomic E-state index is 11.4. The van der Waals surface area contributed by atoms with E-state index in [1.165, 1.54) is 7.11 Å². The normalized spacial score (nSPS) is 16.0. The summed E-state index contributed by atoms with van der Waals surface area (Å²) in [6.45, 7) is 2.75. The van der Waals surface area contributed by atoms with Gasteiger partial charge >= 0.3 is 5.97 Å². The van der Waals surface area contributed by atoms with E-state index in [4.69, 9.17) is 14.1 Å². The summed E-state index contributed by atoms with van der Waals surface area (Å²) in [5.74, 6) is 0.323. The molecule has 3 rings (SSSR count). The Kier molecular flexibility index (Phi) is 4.03. The summed E-state index contributed by atoms with van der Waals surface area (Å²) in [5.41, 5.74) is 1.16. The van der Waals surface area contributed by atoms with Crippen LogP contribution in [0.5, 0.6) is 5.75 Å². The van der Waals surface area contributed by atoms with Crippen LogP contribution in [0.3, 0.4) is 0 Å². The van der Waals surface area contributed by atoms with Crippen molar-refractivity contribution in [2.45, 2.75) is 6.42 Å². The first kappa shape index (κ1) is 13.8. The first-order chi connectivity index (χ1) is 10.3. The number of ether oxygens (including phenoxy) is 2. The molecule has 1 saturated heterocycles. The molecule has 0 atom stereocenters. The van der Waals surface area contributed by atoms with Gasteiger partial charge in [0.05, 0.1) is 39.8 Å². The number of rotatable bonds is 4. The van der Waals surface area contributed by atoms with E-state index in [-0.39, 0.29) is 12.4 Å². The summed E-state index contributed by atoms with van der Waals surface area (Å²) in [7, 11) is 1.34. The Morgan fingerprint density at radius 1 is 1.38 bits per heavy atom. The largest absolute Gasteiger partial charge is 0.469 e. The van der Waals surface area contributed by atoms with Gasteiger partial charge in [-0.05, 0) is 18.2 Å². The lowest BCUT2D eigenvalue weighted by molar-refractivity contribution is -0.139. The molecule has 0 saturated carbocycles. The molecule has 2 heterocycles. The van der Waals surface area contributed by atoms with Crippen LogP contribution in [0.4, 0.5) is 0 Å². The van der Waals surface area contributed by atoms with Crippen LogP contribution >= 0.6 is 0 Å². The third-order valence-corrected chi connectivity index (χ3v) is 3.26. The van der Waals surface area contributed by atoms with Crippen molar-refractivity contribution in [2.24, 2.45) is 0 Å². The summed E-state index contributed by atoms with van der Waals surface area (Å²) in [4.78, 5) is 17.2. The van der Waals surface area contributed by atoms with Gasteiger partial charge in [-0.2, -0.15) is 0 Å². The molecule has 1 aliphatic heterocycles. The number of methoxy groups -OCH3 is 1. The highest BCUT2D eigenvalue weighted by molar-refractivity contribution is 5.85. The molecule has 1 fully saturated rings. The number of carbonyl (C=O) groups excluding carboxylic acids is 1. The Balaban J connectivity index is 1.80. The van der Waals surface area contributed by atoms with Crippen molar-refractivity contribution in [3.05, 3.63) is 23.9 Å². The highest BCUT2D eigenvalue weighted by Crippen LogP contribution is 2.25. The van der Waals surface area contributed by atoms with E-state index >= 15 is 0 Å². The van der Waals surface area contributed by atoms with Gasteiger partial charge in [0, 0.05) is 5.39 Å². The zero-order valence-electron chi connectivity index (χ0n) is 11.7. The summed E-state index contributed by atoms with van der Waals surface area (Å²) in [5, 5.41) is 6.51. The van der Waals surface area contributed by atoms with Gasteiger partial charge in [0.25, 0.3) is 0 Å². The SMILES string of the molecule is COC(=O)Cc1noc2ccc(ON3CCOCC3)cc12. The van der Waals surface area contributed by atoms with Gasteiger partial charge in [-0.25, -0.2) is 0 Å². The predicted octanol–water partition coefficient (Wildman–Crippen LogP) is 1.17. The van der Waals surface area contributed by atoms with E-state index in [0.717, 1.165) is 18.5 Å². The lowest BCUT2D eigenvalue weighted by atomic mass is 10.1. The van der Waals surface area contributed by atoms with Crippen LogP contribution in [0.1, 0.15) is 5.69 Å². The van der Waals surface area contributed by atoms with Crippen molar-refractivity contribution in [3.8, 4) is 5.75 Å². The van der Waals surface area contributed by atoms with E-state index in [0.29, 0.717) is 30.2 Å². The zero-order chi connectivity index (χ0) is 14.7. The first-order valence-corrected chi connectivity index (χ1v) is 6.72. The minimum absolute atomic E-state index is 0.0739. The molecule has 0 N–H and O–H groups in total. The number of hydrogen-bond acceptors (Lipinski definition) is 7. The summed E-state index contributed by atoms with van der Waals surface area (Å²) in [6, 6.07) is 5.41. The highest BCUT2D eigenvalue weighted by Gasteiger charge is 2.16. The summed E-state index contributed by atoms with van der Waals surface area (Å²) in [6.07, 6.45) is 0.0739. The average Bonchev–Trinajstić information content (AvgIpc) is 2.91. The van der Waals surface area contributed by atoms with Gasteiger partial charge in [-0.15, -0.1) is 5.06 Å². The molecule has 0 spiro atoms. The summed E-state index contributed by atoms with van der Waals surface area (Å²) >= 11 is 0. The molecule has 2 aromatic rings. The number of benzene rings is 1. The van der Waals surface area contributed by atoms with Crippen molar-refractivity contribution >= 4 is 16.9 Å². The molecule has 1 aromatic carbocycles. The number of hydrogen-bond donors (Lipinski definition) is 0. The standard InChI is InChI=1S/C14H16N2O5/c1-18-14(17)9-12-11-8-10(2-3-13(11)20-15-12)21-16-4-6-19-7-5-16/h2-3,8H,4-7,9H2,1H3. The molecule has 112 valence electrons. The van der Waals surface area contributed by atoms with Crippen LogP contribution in [0.15, 0.2) is 22.7 Å². The van der Waals surface area contributed by atoms with Crippen molar-refractivity contribution < 1.29 is 23.6 Å². The summed E-state index contributed by atoms with van der Waals surface area (Å²) < 4.78 is 15.1. The quantitative estimate of drug-likeness (QED) is 0.783. The van der Waals surface area contributed by atoms with Gasteiger partial charge in [0.2, 0.25) is 0 Å². The topological polar surface area (TPSA) is 74.0 Å². The Morgan fingerprint density at radius 2 is 2.19 bits per heavy atom. The molecule has 0 aliphatic carbocycles. The molecule has 0 unspecified atom stereocenters. The number of aromatic nitrogens is 1. The first-order valence-electron chi connectivity index (χ1n) is 6.72. The van der Waals surface area contributed by atoms with Gasteiger partial charge in [0.15, 0.2) is 5.58 Å². The molecule has 7 heteroatoms. The predicted molar refractivity (Wildman–Crippen MR) is 72.7 cm³/mol. The Labute approximate surface area is 121 Å². The minimum Gasteiger partial charge on any atom is -0.469 e. The lowest BCUT2D eigenvalue weighted by Crippen LogP contribution is -2.38. The van der Waals surface area contributed by atoms with E-state index in [2.05, 4.69) is 9.89 Å². The number of carbonyl (C=O) groups is 1. The van der Waals surface area contributed by atoms with Gasteiger partial charge in [0.1, 0.15) is 11.4 Å². The Morgan fingerprint density at radius 3 is 2.95 bits per heavy atom. The van der Waals surface area contributed by atoms with Gasteiger partial charge in [-0.1, -0.05) is 5.16 Å². The molecular formula is C14H16N2O5. The zero-order valence-corrected chi connectivity index (χ0v) is 11.7. The minimum atomic E-state index is -0.357. The fraction of sp³-hybridized carbons (Fsp3) is 0.429. The lowest BCUT2D eigenvalue weighted by Gasteiger charge is -2.26. The Bertz CT molecular complexity index is 633. The van der Waals surface area contributed by atoms with E-state index < -0.39 is 0 Å². The molecule has 21 heavy (non-hydrogen) atoms. The van der Waals surface area contributed by atoms with E-state index in [1.807, 2.05) is 17.2 Å². The second-order valence-electron chi connectivity index (χ2n) is 4.67. The second kappa shape index (κ2) is 6.11. The van der Waals surface area contributed by atoms with Crippen molar-refractivity contribution in [2.75, 3.05) is 33.4 Å². The molecule has 7 nitrogen and oxygen atoms in total. The molecule has 1 aromatic heterocycles. The fourth-order valence-corrected chi connectivity index (χ4v) is 2.15. The van der Waals surface area contributed by atoms with E-state index in [1.54, 1.807) is 6.07 Å². The molecule has 0 radical (unpaired) electrons. The molecule has 1 aliphatic rings. The molecule has 0 amide bonds. The number of hydroxylamine groups is 2. The molecular weight excluding hydrogens is 276 g/mol. The van der Waals surface area contributed by atoms with Crippen LogP contribution in [0.2, 0.25) is 0 Å². The van der Waals surface area contributed by atoms with Crippen molar-refractivity contribution in [1.82, 2.24) is 10.2 Å². The highest BCUT2D eigenvalue weighted by atomic mass is 16.7. The van der Waals surface area contributed by atoms with E-state index in [9.17, 15) is 4.79 Å². The second-order valence-corrected chi connectivity index (χ2v) is 4.67. The monoisotopic (exact) mass is 292 g/mol. The van der Waals surface area contributed by atoms with Crippen molar-refractivity contribution in [3.63, 3.8) is 0 Å².